The molecule has 4 aromatic rings. The highest BCUT2D eigenvalue weighted by Crippen LogP contribution is 2.22. The van der Waals surface area contributed by atoms with E-state index in [1.165, 1.54) is 6.07 Å². The van der Waals surface area contributed by atoms with Gasteiger partial charge in [-0.05, 0) is 31.1 Å². The predicted molar refractivity (Wildman–Crippen MR) is 115 cm³/mol. The van der Waals surface area contributed by atoms with Gasteiger partial charge in [-0.3, -0.25) is 9.98 Å². The molecule has 0 radical (unpaired) electrons. The molecule has 1 aliphatic rings. The van der Waals surface area contributed by atoms with Crippen molar-refractivity contribution < 1.29 is 9.50 Å². The molecule has 1 fully saturated rings. The molecule has 0 atom stereocenters. The fourth-order valence-corrected chi connectivity index (χ4v) is 3.47. The summed E-state index contributed by atoms with van der Waals surface area (Å²) >= 11 is 3.25. The van der Waals surface area contributed by atoms with Crippen LogP contribution >= 0.6 is 15.9 Å². The monoisotopic (exact) mass is 485 g/mol. The van der Waals surface area contributed by atoms with Gasteiger partial charge >= 0.3 is 5.69 Å². The first-order valence-corrected chi connectivity index (χ1v) is 10.4. The van der Waals surface area contributed by atoms with E-state index in [4.69, 9.17) is 4.99 Å². The molecule has 0 bridgehead atoms. The maximum atomic E-state index is 14.2. The van der Waals surface area contributed by atoms with Crippen LogP contribution < -0.4 is 21.7 Å². The third-order valence-corrected chi connectivity index (χ3v) is 5.35. The highest BCUT2D eigenvalue weighted by molar-refractivity contribution is 9.10. The van der Waals surface area contributed by atoms with Crippen LogP contribution in [0.3, 0.4) is 0 Å². The molecular formula is C20H17BrFN7O2. The second-order valence-corrected chi connectivity index (χ2v) is 8.19. The van der Waals surface area contributed by atoms with E-state index in [1.807, 2.05) is 0 Å². The summed E-state index contributed by atoms with van der Waals surface area (Å²) in [6.07, 6.45) is 5.20. The Kier molecular flexibility index (Phi) is 4.81. The number of H-pyrrole nitrogens is 2. The number of hydrogen-bond acceptors (Lipinski definition) is 6. The van der Waals surface area contributed by atoms with Gasteiger partial charge in [0.1, 0.15) is 17.3 Å². The van der Waals surface area contributed by atoms with Gasteiger partial charge in [0.05, 0.1) is 12.2 Å². The lowest BCUT2D eigenvalue weighted by Gasteiger charge is -2.08. The minimum Gasteiger partial charge on any atom is -0.493 e. The molecule has 0 spiro atoms. The SMILES string of the molecule is O=c1[nH]c(O)c(/C=c2/cnn3c(=NC4CC4)cc(NCc4ccc(Br)cc4F)nc23)[nH]1. The average Bonchev–Trinajstić information content (AvgIpc) is 3.36. The molecule has 31 heavy (non-hydrogen) atoms. The first-order valence-electron chi connectivity index (χ1n) is 9.60. The Hall–Kier alpha value is -3.47. The van der Waals surface area contributed by atoms with Crippen LogP contribution in [0.2, 0.25) is 0 Å². The van der Waals surface area contributed by atoms with E-state index in [1.54, 1.807) is 35.0 Å². The Bertz CT molecular complexity index is 1470. The number of halogens is 2. The fourth-order valence-electron chi connectivity index (χ4n) is 3.14. The van der Waals surface area contributed by atoms with Crippen molar-refractivity contribution >= 4 is 33.5 Å². The van der Waals surface area contributed by atoms with Crippen LogP contribution in [0.1, 0.15) is 24.1 Å². The van der Waals surface area contributed by atoms with E-state index < -0.39 is 5.69 Å². The number of aromatic hydroxyl groups is 1. The van der Waals surface area contributed by atoms with E-state index in [-0.39, 0.29) is 30.0 Å². The maximum Gasteiger partial charge on any atom is 0.326 e. The Morgan fingerprint density at radius 3 is 2.90 bits per heavy atom. The summed E-state index contributed by atoms with van der Waals surface area (Å²) in [7, 11) is 0. The number of nitrogens with zero attached hydrogens (tertiary/aromatic N) is 4. The lowest BCUT2D eigenvalue weighted by atomic mass is 10.2. The van der Waals surface area contributed by atoms with Gasteiger partial charge < -0.3 is 15.4 Å². The van der Waals surface area contributed by atoms with E-state index in [0.717, 1.165) is 12.8 Å². The summed E-state index contributed by atoms with van der Waals surface area (Å²) in [5, 5.41) is 18.0. The second-order valence-electron chi connectivity index (χ2n) is 7.27. The minimum atomic E-state index is -0.517. The van der Waals surface area contributed by atoms with Crippen LogP contribution in [0, 0.1) is 5.82 Å². The molecule has 0 saturated heterocycles. The second kappa shape index (κ2) is 7.65. The van der Waals surface area contributed by atoms with Gasteiger partial charge in [0.25, 0.3) is 0 Å². The topological polar surface area (TPSA) is 123 Å². The zero-order chi connectivity index (χ0) is 21.5. The fraction of sp³-hybridized carbons (Fsp3) is 0.200. The van der Waals surface area contributed by atoms with Gasteiger partial charge in [-0.15, -0.1) is 0 Å². The minimum absolute atomic E-state index is 0.220. The Morgan fingerprint density at radius 2 is 2.19 bits per heavy atom. The molecule has 3 heterocycles. The molecule has 3 aromatic heterocycles. The molecule has 158 valence electrons. The van der Waals surface area contributed by atoms with Crippen LogP contribution in [-0.2, 0) is 6.54 Å². The highest BCUT2D eigenvalue weighted by Gasteiger charge is 2.20. The molecule has 0 unspecified atom stereocenters. The predicted octanol–water partition coefficient (Wildman–Crippen LogP) is 1.58. The molecular weight excluding hydrogens is 469 g/mol. The highest BCUT2D eigenvalue weighted by atomic mass is 79.9. The Morgan fingerprint density at radius 1 is 1.35 bits per heavy atom. The summed E-state index contributed by atoms with van der Waals surface area (Å²) in [6.45, 7) is 0.240. The number of imidazole rings is 1. The van der Waals surface area contributed by atoms with Crippen LogP contribution in [0.15, 0.2) is 44.7 Å². The smallest absolute Gasteiger partial charge is 0.326 e. The van der Waals surface area contributed by atoms with Gasteiger partial charge in [-0.2, -0.15) is 9.61 Å². The number of fused-ring (bicyclic) bond motifs is 1. The average molecular weight is 486 g/mol. The summed E-state index contributed by atoms with van der Waals surface area (Å²) in [5.74, 6) is -0.0838. The van der Waals surface area contributed by atoms with Crippen molar-refractivity contribution in [3.05, 3.63) is 73.2 Å². The number of aromatic amines is 2. The van der Waals surface area contributed by atoms with Crippen LogP contribution in [-0.4, -0.2) is 35.7 Å². The first kappa shape index (κ1) is 19.5. The van der Waals surface area contributed by atoms with Crippen LogP contribution in [0.25, 0.3) is 11.7 Å². The number of rotatable bonds is 5. The molecule has 11 heteroatoms. The molecule has 1 aliphatic carbocycles. The third kappa shape index (κ3) is 4.08. The molecule has 5 rings (SSSR count). The van der Waals surface area contributed by atoms with Crippen molar-refractivity contribution in [3.8, 4) is 5.88 Å². The van der Waals surface area contributed by atoms with Crippen molar-refractivity contribution in [1.29, 1.82) is 0 Å². The number of benzene rings is 1. The first-order chi connectivity index (χ1) is 15.0. The molecule has 0 aliphatic heterocycles. The molecule has 1 aromatic carbocycles. The van der Waals surface area contributed by atoms with Crippen molar-refractivity contribution in [3.63, 3.8) is 0 Å². The normalized spacial score (nSPS) is 15.2. The van der Waals surface area contributed by atoms with Crippen LogP contribution in [0.4, 0.5) is 10.2 Å². The van der Waals surface area contributed by atoms with Crippen LogP contribution in [0.5, 0.6) is 5.88 Å². The van der Waals surface area contributed by atoms with E-state index in [2.05, 4.69) is 41.3 Å². The number of anilines is 1. The zero-order valence-corrected chi connectivity index (χ0v) is 17.6. The van der Waals surface area contributed by atoms with Crippen molar-refractivity contribution in [1.82, 2.24) is 24.6 Å². The maximum absolute atomic E-state index is 14.2. The summed E-state index contributed by atoms with van der Waals surface area (Å²) < 4.78 is 16.5. The number of hydrogen-bond donors (Lipinski definition) is 4. The van der Waals surface area contributed by atoms with Crippen molar-refractivity contribution in [2.24, 2.45) is 4.99 Å². The lowest BCUT2D eigenvalue weighted by molar-refractivity contribution is 0.454. The zero-order valence-electron chi connectivity index (χ0n) is 16.1. The Labute approximate surface area is 182 Å². The summed E-state index contributed by atoms with van der Waals surface area (Å²) in [6, 6.07) is 6.91. The van der Waals surface area contributed by atoms with Gasteiger partial charge in [0, 0.05) is 27.9 Å². The lowest BCUT2D eigenvalue weighted by Crippen LogP contribution is -2.20. The van der Waals surface area contributed by atoms with Gasteiger partial charge in [-0.1, -0.05) is 22.0 Å². The number of aromatic nitrogens is 5. The van der Waals surface area contributed by atoms with E-state index in [0.29, 0.717) is 32.2 Å². The summed E-state index contributed by atoms with van der Waals surface area (Å²) in [5.41, 5.74) is 1.31. The van der Waals surface area contributed by atoms with Crippen molar-refractivity contribution in [2.45, 2.75) is 25.4 Å². The number of nitrogens with one attached hydrogen (secondary N) is 3. The molecule has 4 N–H and O–H groups in total. The van der Waals surface area contributed by atoms with E-state index in [9.17, 15) is 14.3 Å². The molecule has 0 amide bonds. The third-order valence-electron chi connectivity index (χ3n) is 4.85. The van der Waals surface area contributed by atoms with E-state index >= 15 is 0 Å². The quantitative estimate of drug-likeness (QED) is 0.341. The largest absolute Gasteiger partial charge is 0.493 e. The van der Waals surface area contributed by atoms with Crippen molar-refractivity contribution in [2.75, 3.05) is 5.32 Å². The van der Waals surface area contributed by atoms with Gasteiger partial charge in [-0.25, -0.2) is 14.2 Å². The summed E-state index contributed by atoms with van der Waals surface area (Å²) in [4.78, 5) is 25.5. The Balaban J connectivity index is 1.58. The standard InChI is InChI=1S/C20H17BrFN7O2/c21-12-2-1-10(14(22)6-12)8-23-16-7-17(25-13-3-4-13)29-18(27-16)11(9-24-29)5-15-19(30)28-20(31)26-15/h1-2,5-7,9,13,23,30H,3-4,8H2,(H2,26,28,31)/b11-5-,25-17?. The van der Waals surface area contributed by atoms with Gasteiger partial charge in [0.15, 0.2) is 11.1 Å². The molecule has 9 nitrogen and oxygen atoms in total. The molecule has 1 saturated carbocycles. The van der Waals surface area contributed by atoms with Gasteiger partial charge in [0.2, 0.25) is 5.88 Å².